The Balaban J connectivity index is 1.65. The third-order valence-electron chi connectivity index (χ3n) is 8.66. The first-order valence-electron chi connectivity index (χ1n) is 15.1. The van der Waals surface area contributed by atoms with Crippen LogP contribution in [0, 0.1) is 5.82 Å². The number of rotatable bonds is 10. The molecule has 2 aromatic rings. The Kier molecular flexibility index (Phi) is 10.5. The lowest BCUT2D eigenvalue weighted by Gasteiger charge is -2.48. The third-order valence-corrected chi connectivity index (χ3v) is 8.66. The lowest BCUT2D eigenvalue weighted by atomic mass is 9.86. The molecular formula is C32H39F4N5O4. The Morgan fingerprint density at radius 3 is 2.22 bits per heavy atom. The monoisotopic (exact) mass is 633 g/mol. The Morgan fingerprint density at radius 2 is 1.67 bits per heavy atom. The highest BCUT2D eigenvalue weighted by Crippen LogP contribution is 2.36. The van der Waals surface area contributed by atoms with Crippen LogP contribution in [0.25, 0.3) is 0 Å². The zero-order valence-corrected chi connectivity index (χ0v) is 25.5. The first-order valence-corrected chi connectivity index (χ1v) is 15.1. The van der Waals surface area contributed by atoms with Gasteiger partial charge in [0.05, 0.1) is 11.6 Å². The Morgan fingerprint density at radius 1 is 1.02 bits per heavy atom. The molecule has 2 saturated heterocycles. The lowest BCUT2D eigenvalue weighted by molar-refractivity contribution is -0.162. The van der Waals surface area contributed by atoms with Gasteiger partial charge < -0.3 is 25.8 Å². The number of carbonyl (C=O) groups is 4. The molecule has 0 bridgehead atoms. The molecule has 0 saturated carbocycles. The van der Waals surface area contributed by atoms with Crippen molar-refractivity contribution in [3.05, 3.63) is 71.0 Å². The van der Waals surface area contributed by atoms with Gasteiger partial charge in [0.15, 0.2) is 0 Å². The minimum absolute atomic E-state index is 0.0138. The molecule has 4 atom stereocenters. The Labute approximate surface area is 259 Å². The van der Waals surface area contributed by atoms with Gasteiger partial charge in [-0.3, -0.25) is 19.2 Å². The van der Waals surface area contributed by atoms with E-state index in [4.69, 9.17) is 0 Å². The van der Waals surface area contributed by atoms with Crippen LogP contribution in [0.2, 0.25) is 0 Å². The first-order chi connectivity index (χ1) is 21.3. The van der Waals surface area contributed by atoms with Gasteiger partial charge in [-0.1, -0.05) is 37.6 Å². The second-order valence-electron chi connectivity index (χ2n) is 11.6. The van der Waals surface area contributed by atoms with Crippen molar-refractivity contribution < 1.29 is 36.7 Å². The lowest BCUT2D eigenvalue weighted by Crippen LogP contribution is -2.68. The fraction of sp³-hybridized carbons (Fsp3) is 0.500. The third kappa shape index (κ3) is 7.29. The SMILES string of the molecule is CCC[C@H]1C(=O)N(C(C)(C(=O)NC)c2ccc(C(F)(F)F)cc2)CCN1C(=O)[C@@H](Cc1ccc(F)cc1)NC(=O)C1CCCN1. The van der Waals surface area contributed by atoms with Gasteiger partial charge in [0, 0.05) is 26.6 Å². The molecule has 0 aliphatic carbocycles. The summed E-state index contributed by atoms with van der Waals surface area (Å²) < 4.78 is 53.4. The van der Waals surface area contributed by atoms with Crippen LogP contribution in [-0.4, -0.2) is 78.2 Å². The fourth-order valence-electron chi connectivity index (χ4n) is 6.12. The minimum Gasteiger partial charge on any atom is -0.357 e. The maximum Gasteiger partial charge on any atom is 0.416 e. The van der Waals surface area contributed by atoms with Gasteiger partial charge in [-0.2, -0.15) is 13.2 Å². The van der Waals surface area contributed by atoms with Crippen LogP contribution in [-0.2, 0) is 37.3 Å². The van der Waals surface area contributed by atoms with E-state index in [2.05, 4.69) is 16.0 Å². The molecule has 13 heteroatoms. The highest BCUT2D eigenvalue weighted by molar-refractivity contribution is 5.97. The number of halogens is 4. The number of amides is 4. The largest absolute Gasteiger partial charge is 0.416 e. The Bertz CT molecular complexity index is 1380. The normalized spacial score (nSPS) is 20.8. The molecular weight excluding hydrogens is 594 g/mol. The summed E-state index contributed by atoms with van der Waals surface area (Å²) in [7, 11) is 1.38. The minimum atomic E-state index is -4.58. The van der Waals surface area contributed by atoms with E-state index in [0.717, 1.165) is 18.6 Å². The number of likely N-dealkylation sites (N-methyl/N-ethyl adjacent to an activating group) is 1. The highest BCUT2D eigenvalue weighted by atomic mass is 19.4. The first kappa shape index (κ1) is 33.9. The molecule has 3 N–H and O–H groups in total. The molecule has 2 aliphatic heterocycles. The van der Waals surface area contributed by atoms with E-state index in [-0.39, 0.29) is 37.4 Å². The number of hydrogen-bond acceptors (Lipinski definition) is 5. The van der Waals surface area contributed by atoms with Crippen LogP contribution in [0.3, 0.4) is 0 Å². The smallest absolute Gasteiger partial charge is 0.357 e. The van der Waals surface area contributed by atoms with Crippen molar-refractivity contribution >= 4 is 23.6 Å². The molecule has 2 fully saturated rings. The topological polar surface area (TPSA) is 111 Å². The van der Waals surface area contributed by atoms with Gasteiger partial charge in [-0.15, -0.1) is 0 Å². The number of hydrogen-bond donors (Lipinski definition) is 3. The number of benzene rings is 2. The van der Waals surface area contributed by atoms with Crippen LogP contribution in [0.1, 0.15) is 56.2 Å². The van der Waals surface area contributed by atoms with Crippen molar-refractivity contribution in [3.8, 4) is 0 Å². The van der Waals surface area contributed by atoms with E-state index in [1.54, 1.807) is 0 Å². The average molecular weight is 634 g/mol. The number of alkyl halides is 3. The van der Waals surface area contributed by atoms with Crippen molar-refractivity contribution in [2.75, 3.05) is 26.7 Å². The molecule has 2 aromatic carbocycles. The van der Waals surface area contributed by atoms with Crippen molar-refractivity contribution in [2.45, 2.75) is 75.8 Å². The second kappa shape index (κ2) is 14.0. The molecule has 4 amide bonds. The number of nitrogens with one attached hydrogen (secondary N) is 3. The van der Waals surface area contributed by atoms with E-state index in [1.165, 1.54) is 60.2 Å². The van der Waals surface area contributed by atoms with Crippen molar-refractivity contribution in [1.82, 2.24) is 25.8 Å². The molecule has 4 rings (SSSR count). The van der Waals surface area contributed by atoms with E-state index >= 15 is 0 Å². The molecule has 45 heavy (non-hydrogen) atoms. The predicted molar refractivity (Wildman–Crippen MR) is 158 cm³/mol. The van der Waals surface area contributed by atoms with Gasteiger partial charge in [-0.05, 0) is 68.1 Å². The standard InChI is InChI=1S/C32H39F4N5O4/c1-4-6-26-29(44)41(31(2,30(45)37-3)21-10-12-22(13-11-21)32(34,35)36)18-17-40(26)28(43)25(19-20-8-14-23(33)15-9-20)39-27(42)24-7-5-16-38-24/h8-15,24-26,38H,4-7,16-19H2,1-3H3,(H,37,45)(H,39,42)/t24?,25-,26+,31?/m1/s1. The zero-order valence-electron chi connectivity index (χ0n) is 25.5. The molecule has 2 unspecified atom stereocenters. The molecule has 244 valence electrons. The van der Waals surface area contributed by atoms with E-state index in [0.29, 0.717) is 24.9 Å². The maximum atomic E-state index is 14.2. The molecule has 2 aliphatic rings. The quantitative estimate of drug-likeness (QED) is 0.349. The molecule has 9 nitrogen and oxygen atoms in total. The highest BCUT2D eigenvalue weighted by Gasteiger charge is 2.50. The summed E-state index contributed by atoms with van der Waals surface area (Å²) in [6.07, 6.45) is -2.34. The summed E-state index contributed by atoms with van der Waals surface area (Å²) in [4.78, 5) is 57.5. The van der Waals surface area contributed by atoms with E-state index in [1.807, 2.05) is 6.92 Å². The van der Waals surface area contributed by atoms with E-state index in [9.17, 15) is 36.7 Å². The van der Waals surface area contributed by atoms with Gasteiger partial charge in [0.2, 0.25) is 23.6 Å². The average Bonchev–Trinajstić information content (AvgIpc) is 3.57. The zero-order chi connectivity index (χ0) is 32.9. The second-order valence-corrected chi connectivity index (χ2v) is 11.6. The van der Waals surface area contributed by atoms with Gasteiger partial charge >= 0.3 is 6.18 Å². The number of carbonyl (C=O) groups excluding carboxylic acids is 4. The molecule has 0 radical (unpaired) electrons. The van der Waals surface area contributed by atoms with Crippen molar-refractivity contribution in [2.24, 2.45) is 0 Å². The van der Waals surface area contributed by atoms with Crippen molar-refractivity contribution in [3.63, 3.8) is 0 Å². The fourth-order valence-corrected chi connectivity index (χ4v) is 6.12. The predicted octanol–water partition coefficient (Wildman–Crippen LogP) is 3.12. The summed E-state index contributed by atoms with van der Waals surface area (Å²) in [5.74, 6) is -2.42. The molecule has 0 aromatic heterocycles. The Hall–Kier alpha value is -4.00. The van der Waals surface area contributed by atoms with Crippen LogP contribution in [0.5, 0.6) is 0 Å². The number of nitrogens with zero attached hydrogens (tertiary/aromatic N) is 2. The molecule has 2 heterocycles. The van der Waals surface area contributed by atoms with Crippen molar-refractivity contribution in [1.29, 1.82) is 0 Å². The van der Waals surface area contributed by atoms with Crippen LogP contribution >= 0.6 is 0 Å². The van der Waals surface area contributed by atoms with Crippen LogP contribution in [0.4, 0.5) is 17.6 Å². The summed E-state index contributed by atoms with van der Waals surface area (Å²) in [6.45, 7) is 3.91. The van der Waals surface area contributed by atoms with Crippen LogP contribution < -0.4 is 16.0 Å². The van der Waals surface area contributed by atoms with E-state index < -0.39 is 58.9 Å². The van der Waals surface area contributed by atoms with Gasteiger partial charge in [0.25, 0.3) is 0 Å². The van der Waals surface area contributed by atoms with Gasteiger partial charge in [-0.25, -0.2) is 4.39 Å². The number of piperazine rings is 1. The molecule has 0 spiro atoms. The summed E-state index contributed by atoms with van der Waals surface area (Å²) >= 11 is 0. The van der Waals surface area contributed by atoms with Crippen LogP contribution in [0.15, 0.2) is 48.5 Å². The van der Waals surface area contributed by atoms with Gasteiger partial charge in [0.1, 0.15) is 23.4 Å². The summed E-state index contributed by atoms with van der Waals surface area (Å²) in [5, 5.41) is 8.48. The maximum absolute atomic E-state index is 14.2. The summed E-state index contributed by atoms with van der Waals surface area (Å²) in [6, 6.07) is 7.18. The summed E-state index contributed by atoms with van der Waals surface area (Å²) in [5.41, 5.74) is -1.77.